The molecule has 3 aliphatic carbocycles. The standard InChI is InChI=1S/C22H16O2/c23-20(24)13-22-17-10-4-1-7-14(17)21(15-8-2-5-11-18(15)22)16-9-3-6-12-19(16)22/h1-12,21H,13H2,(H,23,24). The number of aliphatic carboxylic acids is 1. The highest BCUT2D eigenvalue weighted by Gasteiger charge is 2.52. The van der Waals surface area contributed by atoms with Crippen LogP contribution >= 0.6 is 0 Å². The summed E-state index contributed by atoms with van der Waals surface area (Å²) in [6.07, 6.45) is 0.0742. The second-order valence-electron chi connectivity index (χ2n) is 6.67. The van der Waals surface area contributed by atoms with E-state index >= 15 is 0 Å². The third kappa shape index (κ3) is 1.48. The minimum atomic E-state index is -0.769. The zero-order valence-corrected chi connectivity index (χ0v) is 13.1. The molecule has 24 heavy (non-hydrogen) atoms. The molecule has 2 nitrogen and oxygen atoms in total. The molecule has 0 amide bonds. The van der Waals surface area contributed by atoms with Crippen molar-refractivity contribution in [1.82, 2.24) is 0 Å². The first-order valence-corrected chi connectivity index (χ1v) is 8.23. The van der Waals surface area contributed by atoms with E-state index in [1.54, 1.807) is 0 Å². The van der Waals surface area contributed by atoms with Crippen LogP contribution in [0.4, 0.5) is 0 Å². The third-order valence-corrected chi connectivity index (χ3v) is 5.61. The van der Waals surface area contributed by atoms with Crippen LogP contribution < -0.4 is 0 Å². The molecule has 3 aromatic rings. The molecule has 1 N–H and O–H groups in total. The van der Waals surface area contributed by atoms with Crippen LogP contribution in [0.15, 0.2) is 72.8 Å². The molecule has 0 aromatic heterocycles. The summed E-state index contributed by atoms with van der Waals surface area (Å²) in [7, 11) is 0. The number of hydrogen-bond donors (Lipinski definition) is 1. The molecule has 2 heteroatoms. The molecule has 0 spiro atoms. The van der Waals surface area contributed by atoms with Crippen LogP contribution in [0.2, 0.25) is 0 Å². The van der Waals surface area contributed by atoms with E-state index < -0.39 is 11.4 Å². The monoisotopic (exact) mass is 312 g/mol. The summed E-state index contributed by atoms with van der Waals surface area (Å²) in [4.78, 5) is 11.9. The Kier molecular flexibility index (Phi) is 2.58. The van der Waals surface area contributed by atoms with Crippen molar-refractivity contribution in [2.75, 3.05) is 0 Å². The van der Waals surface area contributed by atoms with Crippen molar-refractivity contribution in [3.8, 4) is 0 Å². The van der Waals surface area contributed by atoms with Crippen molar-refractivity contribution in [1.29, 1.82) is 0 Å². The van der Waals surface area contributed by atoms with E-state index in [1.165, 1.54) is 16.7 Å². The molecule has 3 aliphatic rings. The summed E-state index contributed by atoms with van der Waals surface area (Å²) in [5.41, 5.74) is 6.59. The Bertz CT molecular complexity index is 871. The minimum absolute atomic E-state index is 0.0742. The Morgan fingerprint density at radius 2 is 1.12 bits per heavy atom. The lowest BCUT2D eigenvalue weighted by Gasteiger charge is -2.50. The highest BCUT2D eigenvalue weighted by atomic mass is 16.4. The summed E-state index contributed by atoms with van der Waals surface area (Å²) in [5, 5.41) is 9.76. The normalized spacial score (nSPS) is 22.4. The molecule has 116 valence electrons. The van der Waals surface area contributed by atoms with Crippen molar-refractivity contribution in [2.24, 2.45) is 0 Å². The Labute approximate surface area is 140 Å². The maximum Gasteiger partial charge on any atom is 0.304 e. The molecular weight excluding hydrogens is 296 g/mol. The molecule has 0 heterocycles. The van der Waals surface area contributed by atoms with Gasteiger partial charge in [-0.15, -0.1) is 0 Å². The van der Waals surface area contributed by atoms with Gasteiger partial charge in [-0.05, 0) is 33.4 Å². The molecular formula is C22H16O2. The van der Waals surface area contributed by atoms with Crippen LogP contribution in [0.3, 0.4) is 0 Å². The van der Waals surface area contributed by atoms with Gasteiger partial charge in [0.15, 0.2) is 0 Å². The molecule has 0 saturated carbocycles. The van der Waals surface area contributed by atoms with Crippen LogP contribution in [0, 0.1) is 0 Å². The van der Waals surface area contributed by atoms with Gasteiger partial charge in [-0.2, -0.15) is 0 Å². The molecule has 0 unspecified atom stereocenters. The van der Waals surface area contributed by atoms with E-state index in [9.17, 15) is 9.90 Å². The first-order valence-electron chi connectivity index (χ1n) is 8.23. The van der Waals surface area contributed by atoms with Crippen molar-refractivity contribution in [3.05, 3.63) is 106 Å². The maximum absolute atomic E-state index is 11.9. The minimum Gasteiger partial charge on any atom is -0.481 e. The van der Waals surface area contributed by atoms with Crippen molar-refractivity contribution < 1.29 is 9.90 Å². The van der Waals surface area contributed by atoms with Gasteiger partial charge in [0.05, 0.1) is 11.8 Å². The SMILES string of the molecule is O=C(O)CC12c3ccccc3C(c3ccccc31)c1ccccc12. The number of carbonyl (C=O) groups is 1. The summed E-state index contributed by atoms with van der Waals surface area (Å²) in [6.45, 7) is 0. The fraction of sp³-hybridized carbons (Fsp3) is 0.136. The summed E-state index contributed by atoms with van der Waals surface area (Å²) >= 11 is 0. The highest BCUT2D eigenvalue weighted by Crippen LogP contribution is 2.60. The molecule has 2 bridgehead atoms. The average Bonchev–Trinajstić information content (AvgIpc) is 2.62. The molecule has 0 radical (unpaired) electrons. The first-order chi connectivity index (χ1) is 11.7. The molecule has 0 atom stereocenters. The van der Waals surface area contributed by atoms with Gasteiger partial charge in [0.2, 0.25) is 0 Å². The van der Waals surface area contributed by atoms with Gasteiger partial charge in [-0.1, -0.05) is 72.8 Å². The average molecular weight is 312 g/mol. The lowest BCUT2D eigenvalue weighted by Crippen LogP contribution is -2.43. The lowest BCUT2D eigenvalue weighted by molar-refractivity contribution is -0.137. The van der Waals surface area contributed by atoms with E-state index in [0.29, 0.717) is 0 Å². The number of carboxylic acid groups (broad SMARTS) is 1. The number of hydrogen-bond acceptors (Lipinski definition) is 1. The van der Waals surface area contributed by atoms with Crippen LogP contribution in [0.1, 0.15) is 45.7 Å². The largest absolute Gasteiger partial charge is 0.481 e. The van der Waals surface area contributed by atoms with E-state index in [1.807, 2.05) is 18.2 Å². The lowest BCUT2D eigenvalue weighted by atomic mass is 9.52. The molecule has 0 aliphatic heterocycles. The van der Waals surface area contributed by atoms with Gasteiger partial charge in [-0.25, -0.2) is 0 Å². The van der Waals surface area contributed by atoms with Crippen LogP contribution in [-0.2, 0) is 10.2 Å². The van der Waals surface area contributed by atoms with Gasteiger partial charge in [0.25, 0.3) is 0 Å². The van der Waals surface area contributed by atoms with Crippen LogP contribution in [0.5, 0.6) is 0 Å². The van der Waals surface area contributed by atoms with E-state index in [2.05, 4.69) is 54.6 Å². The predicted octanol–water partition coefficient (Wildman–Crippen LogP) is 4.30. The van der Waals surface area contributed by atoms with Gasteiger partial charge >= 0.3 is 5.97 Å². The Morgan fingerprint density at radius 1 is 0.750 bits per heavy atom. The predicted molar refractivity (Wildman–Crippen MR) is 92.4 cm³/mol. The van der Waals surface area contributed by atoms with Gasteiger partial charge < -0.3 is 5.11 Å². The van der Waals surface area contributed by atoms with Crippen LogP contribution in [0.25, 0.3) is 0 Å². The van der Waals surface area contributed by atoms with Gasteiger partial charge in [0, 0.05) is 5.92 Å². The number of carboxylic acids is 1. The quantitative estimate of drug-likeness (QED) is 0.766. The molecule has 0 saturated heterocycles. The Morgan fingerprint density at radius 3 is 1.50 bits per heavy atom. The third-order valence-electron chi connectivity index (χ3n) is 5.61. The topological polar surface area (TPSA) is 37.3 Å². The van der Waals surface area contributed by atoms with E-state index in [0.717, 1.165) is 16.7 Å². The number of benzene rings is 3. The molecule has 6 rings (SSSR count). The first kappa shape index (κ1) is 13.6. The second-order valence-corrected chi connectivity index (χ2v) is 6.67. The Balaban J connectivity index is 1.98. The fourth-order valence-corrected chi connectivity index (χ4v) is 4.86. The van der Waals surface area contributed by atoms with Crippen molar-refractivity contribution >= 4 is 5.97 Å². The maximum atomic E-state index is 11.9. The molecule has 3 aromatic carbocycles. The van der Waals surface area contributed by atoms with Crippen LogP contribution in [-0.4, -0.2) is 11.1 Å². The molecule has 0 fully saturated rings. The number of rotatable bonds is 2. The van der Waals surface area contributed by atoms with Crippen molar-refractivity contribution in [2.45, 2.75) is 17.8 Å². The van der Waals surface area contributed by atoms with Gasteiger partial charge in [0.1, 0.15) is 0 Å². The van der Waals surface area contributed by atoms with Gasteiger partial charge in [-0.3, -0.25) is 4.79 Å². The summed E-state index contributed by atoms with van der Waals surface area (Å²) in [5.74, 6) is -0.570. The zero-order valence-electron chi connectivity index (χ0n) is 13.1. The summed E-state index contributed by atoms with van der Waals surface area (Å²) in [6, 6.07) is 25.0. The highest BCUT2D eigenvalue weighted by molar-refractivity contribution is 5.79. The fourth-order valence-electron chi connectivity index (χ4n) is 4.86. The van der Waals surface area contributed by atoms with E-state index in [4.69, 9.17) is 0 Å². The van der Waals surface area contributed by atoms with E-state index in [-0.39, 0.29) is 12.3 Å². The Hall–Kier alpha value is -2.87. The zero-order chi connectivity index (χ0) is 16.3. The van der Waals surface area contributed by atoms with Crippen molar-refractivity contribution in [3.63, 3.8) is 0 Å². The summed E-state index contributed by atoms with van der Waals surface area (Å²) < 4.78 is 0. The second kappa shape index (κ2) is 4.57. The smallest absolute Gasteiger partial charge is 0.304 e.